The van der Waals surface area contributed by atoms with Crippen molar-refractivity contribution in [2.45, 2.75) is 5.60 Å². The molecule has 7 heteroatoms. The largest absolute Gasteiger partial charge is 0.372 e. The predicted octanol–water partition coefficient (Wildman–Crippen LogP) is 2.98. The third-order valence-electron chi connectivity index (χ3n) is 4.20. The Bertz CT molecular complexity index is 948. The second-order valence-corrected chi connectivity index (χ2v) is 5.99. The summed E-state index contributed by atoms with van der Waals surface area (Å²) in [6, 6.07) is 22.8. The first-order valence-electron chi connectivity index (χ1n) is 8.43. The van der Waals surface area contributed by atoms with Gasteiger partial charge in [0.1, 0.15) is 0 Å². The molecule has 0 heterocycles. The third-order valence-corrected chi connectivity index (χ3v) is 4.20. The summed E-state index contributed by atoms with van der Waals surface area (Å²) >= 11 is 0. The maximum atomic E-state index is 12.8. The maximum absolute atomic E-state index is 12.8. The van der Waals surface area contributed by atoms with Crippen molar-refractivity contribution in [1.29, 1.82) is 0 Å². The van der Waals surface area contributed by atoms with Gasteiger partial charge in [0.25, 0.3) is 11.6 Å². The molecule has 0 saturated heterocycles. The summed E-state index contributed by atoms with van der Waals surface area (Å²) in [7, 11) is 0. The molecule has 0 aromatic heterocycles. The summed E-state index contributed by atoms with van der Waals surface area (Å²) in [5, 5.41) is 25.8. The van der Waals surface area contributed by atoms with Gasteiger partial charge in [-0.2, -0.15) is 5.10 Å². The van der Waals surface area contributed by atoms with E-state index in [1.165, 1.54) is 30.5 Å². The van der Waals surface area contributed by atoms with E-state index in [0.717, 1.165) is 0 Å². The van der Waals surface area contributed by atoms with Crippen LogP contribution in [0.5, 0.6) is 0 Å². The summed E-state index contributed by atoms with van der Waals surface area (Å²) in [6.07, 6.45) is 1.35. The lowest BCUT2D eigenvalue weighted by molar-refractivity contribution is -0.384. The van der Waals surface area contributed by atoms with Gasteiger partial charge < -0.3 is 5.11 Å². The fourth-order valence-electron chi connectivity index (χ4n) is 2.72. The number of carbonyl (C=O) groups excluding carboxylic acids is 1. The van der Waals surface area contributed by atoms with Crippen molar-refractivity contribution < 1.29 is 14.8 Å². The third kappa shape index (κ3) is 3.94. The molecule has 0 aliphatic rings. The van der Waals surface area contributed by atoms with Crippen LogP contribution in [0, 0.1) is 10.1 Å². The molecule has 1 amide bonds. The zero-order chi connectivity index (χ0) is 20.0. The molecule has 0 saturated carbocycles. The topological polar surface area (TPSA) is 105 Å². The summed E-state index contributed by atoms with van der Waals surface area (Å²) < 4.78 is 0. The van der Waals surface area contributed by atoms with Crippen molar-refractivity contribution in [1.82, 2.24) is 5.43 Å². The number of rotatable bonds is 6. The summed E-state index contributed by atoms with van der Waals surface area (Å²) in [6.45, 7) is 0. The van der Waals surface area contributed by atoms with Gasteiger partial charge in [-0.05, 0) is 28.8 Å². The molecule has 140 valence electrons. The second kappa shape index (κ2) is 8.24. The van der Waals surface area contributed by atoms with Gasteiger partial charge in [-0.15, -0.1) is 0 Å². The highest BCUT2D eigenvalue weighted by atomic mass is 16.6. The number of aliphatic hydroxyl groups is 1. The molecule has 3 aromatic carbocycles. The van der Waals surface area contributed by atoms with E-state index in [1.54, 1.807) is 60.7 Å². The Balaban J connectivity index is 1.83. The van der Waals surface area contributed by atoms with Gasteiger partial charge in [0.2, 0.25) is 0 Å². The average molecular weight is 375 g/mol. The van der Waals surface area contributed by atoms with Gasteiger partial charge in [-0.25, -0.2) is 5.43 Å². The molecule has 0 fully saturated rings. The molecule has 7 nitrogen and oxygen atoms in total. The SMILES string of the molecule is O=C(N/N=C/c1ccc([N+](=O)[O-])cc1)C(O)(c1ccccc1)c1ccccc1. The van der Waals surface area contributed by atoms with E-state index >= 15 is 0 Å². The lowest BCUT2D eigenvalue weighted by Gasteiger charge is -2.27. The highest BCUT2D eigenvalue weighted by Crippen LogP contribution is 2.29. The van der Waals surface area contributed by atoms with Crippen LogP contribution in [0.3, 0.4) is 0 Å². The van der Waals surface area contributed by atoms with Crippen LogP contribution in [0.2, 0.25) is 0 Å². The van der Waals surface area contributed by atoms with Crippen LogP contribution in [0.25, 0.3) is 0 Å². The first-order chi connectivity index (χ1) is 13.5. The van der Waals surface area contributed by atoms with Crippen LogP contribution in [0.15, 0.2) is 90.0 Å². The molecular weight excluding hydrogens is 358 g/mol. The minimum Gasteiger partial charge on any atom is -0.372 e. The van der Waals surface area contributed by atoms with Gasteiger partial charge >= 0.3 is 0 Å². The Labute approximate surface area is 161 Å². The first kappa shape index (κ1) is 18.9. The number of non-ortho nitro benzene ring substituents is 1. The monoisotopic (exact) mass is 375 g/mol. The van der Waals surface area contributed by atoms with Crippen LogP contribution in [0.1, 0.15) is 16.7 Å². The van der Waals surface area contributed by atoms with Gasteiger partial charge in [-0.3, -0.25) is 14.9 Å². The fraction of sp³-hybridized carbons (Fsp3) is 0.0476. The van der Waals surface area contributed by atoms with Crippen LogP contribution < -0.4 is 5.43 Å². The average Bonchev–Trinajstić information content (AvgIpc) is 2.74. The number of carbonyl (C=O) groups is 1. The first-order valence-corrected chi connectivity index (χ1v) is 8.43. The second-order valence-electron chi connectivity index (χ2n) is 5.99. The van der Waals surface area contributed by atoms with Crippen LogP contribution in [0.4, 0.5) is 5.69 Å². The van der Waals surface area contributed by atoms with Crippen molar-refractivity contribution in [3.8, 4) is 0 Å². The van der Waals surface area contributed by atoms with Crippen molar-refractivity contribution in [3.63, 3.8) is 0 Å². The highest BCUT2D eigenvalue weighted by Gasteiger charge is 2.39. The maximum Gasteiger partial charge on any atom is 0.281 e. The Hall–Kier alpha value is -3.84. The Kier molecular flexibility index (Phi) is 5.57. The lowest BCUT2D eigenvalue weighted by atomic mass is 9.85. The quantitative estimate of drug-likeness (QED) is 0.392. The number of benzene rings is 3. The van der Waals surface area contributed by atoms with Gasteiger partial charge in [-0.1, -0.05) is 60.7 Å². The molecule has 3 aromatic rings. The van der Waals surface area contributed by atoms with Crippen LogP contribution in [-0.2, 0) is 10.4 Å². The molecule has 28 heavy (non-hydrogen) atoms. The Morgan fingerprint density at radius 2 is 1.43 bits per heavy atom. The highest BCUT2D eigenvalue weighted by molar-refractivity contribution is 5.91. The summed E-state index contributed by atoms with van der Waals surface area (Å²) in [5.41, 5.74) is 1.77. The Morgan fingerprint density at radius 3 is 1.89 bits per heavy atom. The minimum atomic E-state index is -1.92. The molecule has 0 spiro atoms. The zero-order valence-electron chi connectivity index (χ0n) is 14.7. The number of nitrogens with one attached hydrogen (secondary N) is 1. The van der Waals surface area contributed by atoms with E-state index in [4.69, 9.17) is 0 Å². The normalized spacial score (nSPS) is 11.3. The number of amides is 1. The molecule has 0 atom stereocenters. The summed E-state index contributed by atoms with van der Waals surface area (Å²) in [4.78, 5) is 23.0. The Morgan fingerprint density at radius 1 is 0.929 bits per heavy atom. The van der Waals surface area contributed by atoms with Crippen molar-refractivity contribution >= 4 is 17.8 Å². The van der Waals surface area contributed by atoms with E-state index in [2.05, 4.69) is 10.5 Å². The van der Waals surface area contributed by atoms with Gasteiger partial charge in [0.05, 0.1) is 11.1 Å². The number of nitro benzene ring substituents is 1. The molecule has 3 rings (SSSR count). The van der Waals surface area contributed by atoms with Crippen LogP contribution in [-0.4, -0.2) is 22.2 Å². The number of hydrazone groups is 1. The van der Waals surface area contributed by atoms with E-state index in [-0.39, 0.29) is 5.69 Å². The molecule has 0 aliphatic carbocycles. The number of nitro groups is 1. The molecule has 0 radical (unpaired) electrons. The summed E-state index contributed by atoms with van der Waals surface area (Å²) in [5.74, 6) is -0.719. The van der Waals surface area contributed by atoms with Gasteiger partial charge in [0.15, 0.2) is 5.60 Å². The van der Waals surface area contributed by atoms with E-state index in [9.17, 15) is 20.0 Å². The smallest absolute Gasteiger partial charge is 0.281 e. The van der Waals surface area contributed by atoms with E-state index in [1.807, 2.05) is 0 Å². The van der Waals surface area contributed by atoms with Crippen molar-refractivity contribution in [3.05, 3.63) is 112 Å². The van der Waals surface area contributed by atoms with Gasteiger partial charge in [0, 0.05) is 12.1 Å². The molecular formula is C21H17N3O4. The minimum absolute atomic E-state index is 0.0382. The fourth-order valence-corrected chi connectivity index (χ4v) is 2.72. The molecule has 0 aliphatic heterocycles. The predicted molar refractivity (Wildman–Crippen MR) is 105 cm³/mol. The van der Waals surface area contributed by atoms with Crippen molar-refractivity contribution in [2.75, 3.05) is 0 Å². The number of hydrogen-bond acceptors (Lipinski definition) is 5. The molecule has 0 bridgehead atoms. The van der Waals surface area contributed by atoms with Crippen LogP contribution >= 0.6 is 0 Å². The van der Waals surface area contributed by atoms with Crippen molar-refractivity contribution in [2.24, 2.45) is 5.10 Å². The zero-order valence-corrected chi connectivity index (χ0v) is 14.7. The lowest BCUT2D eigenvalue weighted by Crippen LogP contribution is -2.43. The number of nitrogens with zero attached hydrogens (tertiary/aromatic N) is 2. The standard InChI is InChI=1S/C21H17N3O4/c25-20(23-22-15-16-11-13-19(14-12-16)24(27)28)21(26,17-7-3-1-4-8-17)18-9-5-2-6-10-18/h1-15,26H,(H,23,25)/b22-15+. The molecule has 0 unspecified atom stereocenters. The van der Waals surface area contributed by atoms with E-state index in [0.29, 0.717) is 16.7 Å². The number of hydrogen-bond donors (Lipinski definition) is 2. The molecule has 2 N–H and O–H groups in total. The van der Waals surface area contributed by atoms with E-state index < -0.39 is 16.4 Å².